The standard InChI is InChI=1S/C8H5NO6.Zn/c10-7(11)5-2-1-4(9(14)15)3-6(5)8(12)13;/h1-3H,(H,10,11)(H,12,13);/q;+2/p-2. The number of carbonyl (C=O) groups is 2. The van der Waals surface area contributed by atoms with Gasteiger partial charge in [-0.25, -0.2) is 0 Å². The molecule has 7 nitrogen and oxygen atoms in total. The molecule has 1 aromatic carbocycles. The van der Waals surface area contributed by atoms with Crippen molar-refractivity contribution in [3.8, 4) is 0 Å². The SMILES string of the molecule is O=C([O-])c1ccc([N+](=O)[O-])cc1C(=O)[O-].[Zn+2]. The van der Waals surface area contributed by atoms with E-state index in [0.717, 1.165) is 12.1 Å². The summed E-state index contributed by atoms with van der Waals surface area (Å²) in [5.74, 6) is -3.54. The number of carboxylic acids is 2. The number of rotatable bonds is 3. The summed E-state index contributed by atoms with van der Waals surface area (Å²) in [7, 11) is 0. The van der Waals surface area contributed by atoms with Gasteiger partial charge in [0, 0.05) is 23.3 Å². The number of nitro benzene ring substituents is 1. The Kier molecular flexibility index (Phi) is 4.71. The Morgan fingerprint density at radius 3 is 1.94 bits per heavy atom. The number of non-ortho nitro benzene ring substituents is 1. The topological polar surface area (TPSA) is 123 Å². The third kappa shape index (κ3) is 2.84. The van der Waals surface area contributed by atoms with Gasteiger partial charge in [0.15, 0.2) is 0 Å². The molecule has 8 heteroatoms. The van der Waals surface area contributed by atoms with Gasteiger partial charge in [-0.3, -0.25) is 10.1 Å². The molecule has 0 aliphatic rings. The van der Waals surface area contributed by atoms with E-state index in [1.807, 2.05) is 0 Å². The Morgan fingerprint density at radius 2 is 1.56 bits per heavy atom. The van der Waals surface area contributed by atoms with Gasteiger partial charge < -0.3 is 19.8 Å². The summed E-state index contributed by atoms with van der Waals surface area (Å²) in [6.07, 6.45) is 0. The molecule has 0 saturated heterocycles. The van der Waals surface area contributed by atoms with Crippen molar-refractivity contribution in [2.75, 3.05) is 0 Å². The third-order valence-corrected chi connectivity index (χ3v) is 1.65. The fourth-order valence-corrected chi connectivity index (χ4v) is 0.993. The first-order valence-electron chi connectivity index (χ1n) is 3.64. The number of hydrogen-bond donors (Lipinski definition) is 0. The molecule has 78 valence electrons. The molecule has 0 aliphatic heterocycles. The van der Waals surface area contributed by atoms with Crippen LogP contribution in [0.1, 0.15) is 20.7 Å². The van der Waals surface area contributed by atoms with Crippen LogP contribution in [0.3, 0.4) is 0 Å². The van der Waals surface area contributed by atoms with E-state index in [-0.39, 0.29) is 19.5 Å². The number of nitrogens with zero attached hydrogens (tertiary/aromatic N) is 1. The number of benzene rings is 1. The minimum Gasteiger partial charge on any atom is -0.545 e. The van der Waals surface area contributed by atoms with E-state index in [1.165, 1.54) is 0 Å². The van der Waals surface area contributed by atoms with Gasteiger partial charge in [-0.1, -0.05) is 0 Å². The minimum absolute atomic E-state index is 0. The molecule has 0 spiro atoms. The van der Waals surface area contributed by atoms with Crippen molar-refractivity contribution >= 4 is 17.6 Å². The van der Waals surface area contributed by atoms with Crippen LogP contribution in [0.4, 0.5) is 5.69 Å². The predicted molar refractivity (Wildman–Crippen MR) is 41.8 cm³/mol. The molecule has 0 amide bonds. The van der Waals surface area contributed by atoms with Crippen molar-refractivity contribution in [3.05, 3.63) is 39.4 Å². The molecule has 1 aromatic rings. The summed E-state index contributed by atoms with van der Waals surface area (Å²) < 4.78 is 0. The molecule has 1 rings (SSSR count). The smallest absolute Gasteiger partial charge is 0.545 e. The number of carbonyl (C=O) groups excluding carboxylic acids is 2. The van der Waals surface area contributed by atoms with Gasteiger partial charge in [0.25, 0.3) is 5.69 Å². The van der Waals surface area contributed by atoms with Gasteiger partial charge >= 0.3 is 19.5 Å². The van der Waals surface area contributed by atoms with Crippen LogP contribution < -0.4 is 10.2 Å². The second-order valence-corrected chi connectivity index (χ2v) is 2.56. The molecular formula is C8H3NO6Zn. The fourth-order valence-electron chi connectivity index (χ4n) is 0.993. The van der Waals surface area contributed by atoms with Gasteiger partial charge in [-0.2, -0.15) is 0 Å². The van der Waals surface area contributed by atoms with Crippen LogP contribution in [-0.2, 0) is 19.5 Å². The fraction of sp³-hybridized carbons (Fsp3) is 0. The number of hydrogen-bond acceptors (Lipinski definition) is 6. The zero-order valence-corrected chi connectivity index (χ0v) is 10.8. The maximum absolute atomic E-state index is 10.5. The normalized spacial score (nSPS) is 9.00. The van der Waals surface area contributed by atoms with Gasteiger partial charge in [-0.05, 0) is 6.07 Å². The van der Waals surface area contributed by atoms with Crippen molar-refractivity contribution in [2.45, 2.75) is 0 Å². The van der Waals surface area contributed by atoms with Gasteiger partial charge in [0.1, 0.15) is 0 Å². The number of nitro groups is 1. The minimum atomic E-state index is -1.81. The molecule has 0 saturated carbocycles. The molecule has 0 aromatic heterocycles. The van der Waals surface area contributed by atoms with Crippen molar-refractivity contribution in [2.24, 2.45) is 0 Å². The van der Waals surface area contributed by atoms with E-state index >= 15 is 0 Å². The summed E-state index contributed by atoms with van der Waals surface area (Å²) >= 11 is 0. The number of aromatic carboxylic acids is 2. The molecule has 0 heterocycles. The average Bonchev–Trinajstić information content (AvgIpc) is 2.16. The van der Waals surface area contributed by atoms with Crippen LogP contribution in [0.25, 0.3) is 0 Å². The largest absolute Gasteiger partial charge is 2.00 e. The van der Waals surface area contributed by atoms with Crippen molar-refractivity contribution in [3.63, 3.8) is 0 Å². The van der Waals surface area contributed by atoms with Gasteiger partial charge in [0.05, 0.1) is 16.9 Å². The first kappa shape index (κ1) is 14.2. The van der Waals surface area contributed by atoms with E-state index in [4.69, 9.17) is 0 Å². The second-order valence-electron chi connectivity index (χ2n) is 2.56. The summed E-state index contributed by atoms with van der Waals surface area (Å²) in [6, 6.07) is 2.27. The summed E-state index contributed by atoms with van der Waals surface area (Å²) in [6.45, 7) is 0. The second kappa shape index (κ2) is 5.32. The quantitative estimate of drug-likeness (QED) is 0.368. The Hall–Kier alpha value is -1.82. The first-order valence-corrected chi connectivity index (χ1v) is 3.64. The summed E-state index contributed by atoms with van der Waals surface area (Å²) in [5, 5.41) is 31.2. The third-order valence-electron chi connectivity index (χ3n) is 1.65. The first-order chi connectivity index (χ1) is 6.93. The molecule has 0 aliphatic carbocycles. The molecule has 0 atom stereocenters. The Labute approximate surface area is 102 Å². The Morgan fingerprint density at radius 1 is 1.06 bits per heavy atom. The predicted octanol–water partition coefficient (Wildman–Crippen LogP) is -1.68. The molecular weight excluding hydrogens is 271 g/mol. The van der Waals surface area contributed by atoms with Crippen LogP contribution in [0, 0.1) is 10.1 Å². The molecule has 0 unspecified atom stereocenters. The Balaban J connectivity index is 0.00000225. The monoisotopic (exact) mass is 273 g/mol. The molecule has 0 N–H and O–H groups in total. The average molecular weight is 275 g/mol. The van der Waals surface area contributed by atoms with E-state index in [9.17, 15) is 29.9 Å². The van der Waals surface area contributed by atoms with Crippen molar-refractivity contribution in [1.29, 1.82) is 0 Å². The van der Waals surface area contributed by atoms with Crippen LogP contribution in [0.2, 0.25) is 0 Å². The summed E-state index contributed by atoms with van der Waals surface area (Å²) in [5.41, 5.74) is -1.95. The number of carboxylic acid groups (broad SMARTS) is 2. The van der Waals surface area contributed by atoms with Crippen molar-refractivity contribution in [1.82, 2.24) is 0 Å². The van der Waals surface area contributed by atoms with E-state index in [2.05, 4.69) is 0 Å². The van der Waals surface area contributed by atoms with Crippen LogP contribution in [0.15, 0.2) is 18.2 Å². The molecule has 0 radical (unpaired) electrons. The van der Waals surface area contributed by atoms with E-state index < -0.39 is 33.7 Å². The van der Waals surface area contributed by atoms with Crippen LogP contribution in [-0.4, -0.2) is 16.9 Å². The molecule has 0 bridgehead atoms. The van der Waals surface area contributed by atoms with Crippen molar-refractivity contribution < 1.29 is 44.2 Å². The Bertz CT molecular complexity index is 458. The van der Waals surface area contributed by atoms with Crippen LogP contribution in [0.5, 0.6) is 0 Å². The summed E-state index contributed by atoms with van der Waals surface area (Å²) in [4.78, 5) is 30.4. The molecule has 0 fully saturated rings. The van der Waals surface area contributed by atoms with E-state index in [0.29, 0.717) is 6.07 Å². The van der Waals surface area contributed by atoms with E-state index in [1.54, 1.807) is 0 Å². The molecule has 16 heavy (non-hydrogen) atoms. The van der Waals surface area contributed by atoms with Gasteiger partial charge in [0.2, 0.25) is 0 Å². The zero-order valence-electron chi connectivity index (χ0n) is 7.84. The zero-order chi connectivity index (χ0) is 11.6. The van der Waals surface area contributed by atoms with Gasteiger partial charge in [-0.15, -0.1) is 0 Å². The maximum atomic E-state index is 10.5. The van der Waals surface area contributed by atoms with Crippen LogP contribution >= 0.6 is 0 Å². The maximum Gasteiger partial charge on any atom is 2.00 e.